The zero-order valence-corrected chi connectivity index (χ0v) is 17.1. The van der Waals surface area contributed by atoms with Gasteiger partial charge in [-0.1, -0.05) is 54.8 Å². The van der Waals surface area contributed by atoms with Crippen molar-refractivity contribution in [3.63, 3.8) is 0 Å². The van der Waals surface area contributed by atoms with E-state index < -0.39 is 0 Å². The Morgan fingerprint density at radius 2 is 1.81 bits per heavy atom. The lowest BCUT2D eigenvalue weighted by Gasteiger charge is -2.15. The molecule has 140 valence electrons. The molecular weight excluding hydrogens is 394 g/mol. The minimum absolute atomic E-state index is 0.0717. The van der Waals surface area contributed by atoms with Gasteiger partial charge in [0, 0.05) is 22.1 Å². The molecule has 0 spiro atoms. The van der Waals surface area contributed by atoms with Gasteiger partial charge in [-0.3, -0.25) is 9.59 Å². The average molecular weight is 420 g/mol. The topological polar surface area (TPSA) is 64.0 Å². The summed E-state index contributed by atoms with van der Waals surface area (Å²) in [7, 11) is 0. The van der Waals surface area contributed by atoms with Crippen LogP contribution in [-0.2, 0) is 11.3 Å². The van der Waals surface area contributed by atoms with E-state index in [2.05, 4.69) is 40.2 Å². The largest absolute Gasteiger partial charge is 0.352 e. The van der Waals surface area contributed by atoms with Crippen LogP contribution in [0.4, 0.5) is 0 Å². The molecule has 1 atom stereocenters. The van der Waals surface area contributed by atoms with E-state index in [0.29, 0.717) is 11.6 Å². The van der Waals surface area contributed by atoms with Crippen LogP contribution >= 0.6 is 15.9 Å². The molecule has 0 saturated carbocycles. The predicted molar refractivity (Wildman–Crippen MR) is 108 cm³/mol. The van der Waals surface area contributed by atoms with Crippen LogP contribution in [0, 0.1) is 5.92 Å². The lowest BCUT2D eigenvalue weighted by atomic mass is 10.0. The monoisotopic (exact) mass is 419 g/mol. The highest BCUT2D eigenvalue weighted by molar-refractivity contribution is 9.10. The SMILES string of the molecule is CC(C)CCC[C@H](C)NC(=O)Cn1nc(-c2ccc(Br)cc2)ccc1=O. The number of nitrogens with one attached hydrogen (secondary N) is 1. The van der Waals surface area contributed by atoms with E-state index in [1.54, 1.807) is 6.07 Å². The van der Waals surface area contributed by atoms with Crippen molar-refractivity contribution in [3.8, 4) is 11.3 Å². The number of nitrogens with zero attached hydrogens (tertiary/aromatic N) is 2. The first-order valence-corrected chi connectivity index (χ1v) is 9.78. The second kappa shape index (κ2) is 9.67. The summed E-state index contributed by atoms with van der Waals surface area (Å²) in [6, 6.07) is 10.9. The van der Waals surface area contributed by atoms with E-state index >= 15 is 0 Å². The number of carbonyl (C=O) groups is 1. The molecule has 0 unspecified atom stereocenters. The van der Waals surface area contributed by atoms with E-state index in [1.807, 2.05) is 31.2 Å². The van der Waals surface area contributed by atoms with E-state index in [9.17, 15) is 9.59 Å². The van der Waals surface area contributed by atoms with Gasteiger partial charge in [0.1, 0.15) is 6.54 Å². The van der Waals surface area contributed by atoms with Gasteiger partial charge in [0.15, 0.2) is 0 Å². The maximum Gasteiger partial charge on any atom is 0.267 e. The number of rotatable bonds is 8. The Labute approximate surface area is 162 Å². The van der Waals surface area contributed by atoms with Crippen molar-refractivity contribution in [2.75, 3.05) is 0 Å². The number of amides is 1. The normalized spacial score (nSPS) is 12.2. The maximum atomic E-state index is 12.2. The van der Waals surface area contributed by atoms with E-state index in [1.165, 1.54) is 10.7 Å². The lowest BCUT2D eigenvalue weighted by Crippen LogP contribution is -2.38. The number of hydrogen-bond donors (Lipinski definition) is 1. The van der Waals surface area contributed by atoms with Crippen LogP contribution in [-0.4, -0.2) is 21.7 Å². The fourth-order valence-electron chi connectivity index (χ4n) is 2.70. The Kier molecular flexibility index (Phi) is 7.57. The first-order valence-electron chi connectivity index (χ1n) is 8.98. The second-order valence-corrected chi connectivity index (χ2v) is 7.93. The quantitative estimate of drug-likeness (QED) is 0.702. The summed E-state index contributed by atoms with van der Waals surface area (Å²) < 4.78 is 2.19. The molecule has 1 heterocycles. The number of hydrogen-bond acceptors (Lipinski definition) is 3. The fraction of sp³-hybridized carbons (Fsp3) is 0.450. The zero-order chi connectivity index (χ0) is 19.1. The first-order chi connectivity index (χ1) is 12.3. The molecule has 5 nitrogen and oxygen atoms in total. The van der Waals surface area contributed by atoms with Gasteiger partial charge in [-0.25, -0.2) is 4.68 Å². The summed E-state index contributed by atoms with van der Waals surface area (Å²) in [5, 5.41) is 7.28. The Morgan fingerprint density at radius 1 is 1.12 bits per heavy atom. The Bertz CT molecular complexity index is 784. The van der Waals surface area contributed by atoms with E-state index in [0.717, 1.165) is 29.3 Å². The highest BCUT2D eigenvalue weighted by Crippen LogP contribution is 2.18. The summed E-state index contributed by atoms with van der Waals surface area (Å²) in [6.07, 6.45) is 3.16. The van der Waals surface area contributed by atoms with Crippen LogP contribution in [0.25, 0.3) is 11.3 Å². The number of aromatic nitrogens is 2. The molecule has 0 radical (unpaired) electrons. The third kappa shape index (κ3) is 6.41. The van der Waals surface area contributed by atoms with Gasteiger partial charge in [-0.15, -0.1) is 0 Å². The molecule has 0 aliphatic carbocycles. The second-order valence-electron chi connectivity index (χ2n) is 7.01. The van der Waals surface area contributed by atoms with Gasteiger partial charge in [0.05, 0.1) is 5.69 Å². The molecule has 0 saturated heterocycles. The standard InChI is InChI=1S/C20H26BrN3O2/c1-14(2)5-4-6-15(3)22-19(25)13-24-20(26)12-11-18(23-24)16-7-9-17(21)10-8-16/h7-12,14-15H,4-6,13H2,1-3H3,(H,22,25)/t15-/m0/s1. The molecule has 1 aromatic carbocycles. The molecular formula is C20H26BrN3O2. The summed E-state index contributed by atoms with van der Waals surface area (Å²) in [6.45, 7) is 6.31. The van der Waals surface area contributed by atoms with Crippen LogP contribution < -0.4 is 10.9 Å². The molecule has 1 N–H and O–H groups in total. The van der Waals surface area contributed by atoms with Crippen LogP contribution in [0.2, 0.25) is 0 Å². The molecule has 0 fully saturated rings. The fourth-order valence-corrected chi connectivity index (χ4v) is 2.96. The Balaban J connectivity index is 2.00. The van der Waals surface area contributed by atoms with E-state index in [-0.39, 0.29) is 24.1 Å². The highest BCUT2D eigenvalue weighted by atomic mass is 79.9. The van der Waals surface area contributed by atoms with Crippen molar-refractivity contribution in [2.45, 2.75) is 52.6 Å². The summed E-state index contributed by atoms with van der Waals surface area (Å²) in [4.78, 5) is 24.3. The van der Waals surface area contributed by atoms with Gasteiger partial charge in [-0.2, -0.15) is 5.10 Å². The van der Waals surface area contributed by atoms with Crippen LogP contribution in [0.5, 0.6) is 0 Å². The molecule has 6 heteroatoms. The number of benzene rings is 1. The number of halogens is 1. The van der Waals surface area contributed by atoms with E-state index in [4.69, 9.17) is 0 Å². The zero-order valence-electron chi connectivity index (χ0n) is 15.5. The number of carbonyl (C=O) groups excluding carboxylic acids is 1. The van der Waals surface area contributed by atoms with Crippen LogP contribution in [0.3, 0.4) is 0 Å². The Morgan fingerprint density at radius 3 is 2.46 bits per heavy atom. The summed E-state index contributed by atoms with van der Waals surface area (Å²) in [5.41, 5.74) is 1.27. The van der Waals surface area contributed by atoms with Gasteiger partial charge >= 0.3 is 0 Å². The van der Waals surface area contributed by atoms with Crippen molar-refractivity contribution in [1.29, 1.82) is 0 Å². The van der Waals surface area contributed by atoms with Gasteiger partial charge in [0.2, 0.25) is 5.91 Å². The smallest absolute Gasteiger partial charge is 0.267 e. The summed E-state index contributed by atoms with van der Waals surface area (Å²) >= 11 is 3.40. The third-order valence-corrected chi connectivity index (χ3v) is 4.65. The molecule has 2 rings (SSSR count). The van der Waals surface area contributed by atoms with Crippen molar-refractivity contribution >= 4 is 21.8 Å². The Hall–Kier alpha value is -1.95. The first kappa shape index (κ1) is 20.4. The van der Waals surface area contributed by atoms with Crippen molar-refractivity contribution in [1.82, 2.24) is 15.1 Å². The van der Waals surface area contributed by atoms with Gasteiger partial charge in [-0.05, 0) is 37.5 Å². The van der Waals surface area contributed by atoms with Crippen LogP contribution in [0.1, 0.15) is 40.0 Å². The minimum atomic E-state index is -0.284. The van der Waals surface area contributed by atoms with Crippen LogP contribution in [0.15, 0.2) is 45.7 Å². The molecule has 0 aliphatic rings. The van der Waals surface area contributed by atoms with Gasteiger partial charge in [0.25, 0.3) is 5.56 Å². The third-order valence-electron chi connectivity index (χ3n) is 4.13. The van der Waals surface area contributed by atoms with Crippen molar-refractivity contribution < 1.29 is 4.79 Å². The summed E-state index contributed by atoms with van der Waals surface area (Å²) in [5.74, 6) is 0.478. The maximum absolute atomic E-state index is 12.2. The average Bonchev–Trinajstić information content (AvgIpc) is 2.57. The lowest BCUT2D eigenvalue weighted by molar-refractivity contribution is -0.122. The molecule has 2 aromatic rings. The molecule has 1 amide bonds. The van der Waals surface area contributed by atoms with Crippen molar-refractivity contribution in [3.05, 3.63) is 51.2 Å². The minimum Gasteiger partial charge on any atom is -0.352 e. The highest BCUT2D eigenvalue weighted by Gasteiger charge is 2.11. The molecule has 26 heavy (non-hydrogen) atoms. The predicted octanol–water partition coefficient (Wildman–Crippen LogP) is 4.00. The molecule has 0 aliphatic heterocycles. The molecule has 0 bridgehead atoms. The van der Waals surface area contributed by atoms with Crippen molar-refractivity contribution in [2.24, 2.45) is 5.92 Å². The van der Waals surface area contributed by atoms with Gasteiger partial charge < -0.3 is 5.32 Å². The molecule has 1 aromatic heterocycles.